The summed E-state index contributed by atoms with van der Waals surface area (Å²) in [7, 11) is -1.73. The minimum absolute atomic E-state index is 0.0178. The average Bonchev–Trinajstić information content (AvgIpc) is 3.25. The van der Waals surface area contributed by atoms with Crippen LogP contribution in [0.15, 0.2) is 35.7 Å². The van der Waals surface area contributed by atoms with E-state index in [-0.39, 0.29) is 22.1 Å². The van der Waals surface area contributed by atoms with E-state index in [2.05, 4.69) is 16.0 Å². The summed E-state index contributed by atoms with van der Waals surface area (Å²) in [6.45, 7) is 5.30. The highest BCUT2D eigenvalue weighted by atomic mass is 32.2. The highest BCUT2D eigenvalue weighted by Gasteiger charge is 2.55. The predicted molar refractivity (Wildman–Crippen MR) is 86.1 cm³/mol. The van der Waals surface area contributed by atoms with E-state index in [0.717, 1.165) is 6.07 Å². The molecule has 24 heavy (non-hydrogen) atoms. The van der Waals surface area contributed by atoms with Gasteiger partial charge in [0.1, 0.15) is 10.6 Å². The summed E-state index contributed by atoms with van der Waals surface area (Å²) in [6.07, 6.45) is 2.17. The molecule has 1 fully saturated rings. The first-order valence-electron chi connectivity index (χ1n) is 7.15. The molecule has 7 nitrogen and oxygen atoms in total. The number of carbonyl (C=O) groups excluding carboxylic acids is 2. The van der Waals surface area contributed by atoms with Crippen molar-refractivity contribution in [2.45, 2.75) is 18.2 Å². The number of nitrogens with one attached hydrogen (secondary N) is 1. The van der Waals surface area contributed by atoms with Crippen LogP contribution in [-0.4, -0.2) is 34.5 Å². The molecule has 0 saturated heterocycles. The first-order chi connectivity index (χ1) is 11.2. The topological polar surface area (TPSA) is 98.8 Å². The zero-order valence-corrected chi connectivity index (χ0v) is 14.5. The molecule has 1 amide bonds. The third-order valence-corrected chi connectivity index (χ3v) is 5.56. The van der Waals surface area contributed by atoms with Gasteiger partial charge in [-0.25, -0.2) is 17.9 Å². The molecule has 0 bridgehead atoms. The van der Waals surface area contributed by atoms with Crippen molar-refractivity contribution in [2.24, 2.45) is 11.3 Å². The molecular formula is C16H19NO6S. The van der Waals surface area contributed by atoms with Crippen LogP contribution >= 0.6 is 0 Å². The summed E-state index contributed by atoms with van der Waals surface area (Å²) in [4.78, 5) is 23.6. The number of allylic oxidation sites excluding steroid dienone is 1. The molecule has 1 aromatic carbocycles. The molecule has 1 saturated carbocycles. The number of hydrogen-bond acceptors (Lipinski definition) is 6. The summed E-state index contributed by atoms with van der Waals surface area (Å²) in [5, 5.41) is 0. The Hall–Kier alpha value is -2.35. The van der Waals surface area contributed by atoms with Gasteiger partial charge in [-0.3, -0.25) is 4.79 Å². The second-order valence-corrected chi connectivity index (χ2v) is 7.41. The summed E-state index contributed by atoms with van der Waals surface area (Å²) in [5.41, 5.74) is -0.755. The number of carbonyl (C=O) groups is 2. The minimum Gasteiger partial charge on any atom is -0.495 e. The van der Waals surface area contributed by atoms with E-state index in [4.69, 9.17) is 4.74 Å². The van der Waals surface area contributed by atoms with Gasteiger partial charge in [0.2, 0.25) is 5.91 Å². The van der Waals surface area contributed by atoms with Crippen molar-refractivity contribution in [1.29, 1.82) is 0 Å². The molecule has 1 N–H and O–H groups in total. The third-order valence-electron chi connectivity index (χ3n) is 4.21. The minimum atomic E-state index is -4.21. The SMILES string of the molecule is C=C[C@@H]1C[C@]1(C)C(=O)NS(=O)(=O)c1cc(C(=O)OC)ccc1OC. The number of amides is 1. The Morgan fingerprint density at radius 1 is 1.38 bits per heavy atom. The average molecular weight is 353 g/mol. The van der Waals surface area contributed by atoms with Gasteiger partial charge < -0.3 is 9.47 Å². The van der Waals surface area contributed by atoms with Crippen molar-refractivity contribution >= 4 is 21.9 Å². The van der Waals surface area contributed by atoms with Gasteiger partial charge in [-0.15, -0.1) is 6.58 Å². The van der Waals surface area contributed by atoms with E-state index in [1.807, 2.05) is 0 Å². The van der Waals surface area contributed by atoms with Crippen molar-refractivity contribution < 1.29 is 27.5 Å². The quantitative estimate of drug-likeness (QED) is 0.615. The maximum absolute atomic E-state index is 12.6. The van der Waals surface area contributed by atoms with E-state index < -0.39 is 27.3 Å². The maximum Gasteiger partial charge on any atom is 0.337 e. The lowest BCUT2D eigenvalue weighted by atomic mass is 10.1. The summed E-state index contributed by atoms with van der Waals surface area (Å²) in [6, 6.07) is 3.82. The molecule has 130 valence electrons. The molecular weight excluding hydrogens is 334 g/mol. The lowest BCUT2D eigenvalue weighted by molar-refractivity contribution is -0.124. The highest BCUT2D eigenvalue weighted by Crippen LogP contribution is 2.53. The Morgan fingerprint density at radius 2 is 2.04 bits per heavy atom. The zero-order valence-electron chi connectivity index (χ0n) is 13.7. The zero-order chi connectivity index (χ0) is 18.1. The van der Waals surface area contributed by atoms with Gasteiger partial charge in [-0.2, -0.15) is 0 Å². The second kappa shape index (κ2) is 6.27. The first-order valence-corrected chi connectivity index (χ1v) is 8.64. The Morgan fingerprint density at radius 3 is 2.54 bits per heavy atom. The van der Waals surface area contributed by atoms with Crippen molar-refractivity contribution in [2.75, 3.05) is 14.2 Å². The highest BCUT2D eigenvalue weighted by molar-refractivity contribution is 7.90. The number of hydrogen-bond donors (Lipinski definition) is 1. The number of esters is 1. The Kier molecular flexibility index (Phi) is 4.70. The molecule has 2 atom stereocenters. The lowest BCUT2D eigenvalue weighted by Crippen LogP contribution is -2.36. The molecule has 1 aliphatic carbocycles. The van der Waals surface area contributed by atoms with Gasteiger partial charge >= 0.3 is 5.97 Å². The second-order valence-electron chi connectivity index (χ2n) is 5.76. The van der Waals surface area contributed by atoms with Crippen LogP contribution < -0.4 is 9.46 Å². The van der Waals surface area contributed by atoms with Gasteiger partial charge in [0.25, 0.3) is 10.0 Å². The molecule has 1 aromatic rings. The Balaban J connectivity index is 2.36. The van der Waals surface area contributed by atoms with Gasteiger partial charge in [0.05, 0.1) is 25.2 Å². The number of ether oxygens (including phenoxy) is 2. The fourth-order valence-electron chi connectivity index (χ4n) is 2.43. The molecule has 8 heteroatoms. The van der Waals surface area contributed by atoms with E-state index in [1.54, 1.807) is 13.0 Å². The molecule has 0 heterocycles. The standard InChI is InChI=1S/C16H19NO6S/c1-5-11-9-16(11,2)15(19)17-24(20,21)13-8-10(14(18)23-4)6-7-12(13)22-3/h5-8,11H,1,9H2,2-4H3,(H,17,19)/t11-,16+/m1/s1. The summed E-state index contributed by atoms with van der Waals surface area (Å²) >= 11 is 0. The van der Waals surface area contributed by atoms with Gasteiger partial charge in [0.15, 0.2) is 0 Å². The lowest BCUT2D eigenvalue weighted by Gasteiger charge is -2.14. The van der Waals surface area contributed by atoms with Gasteiger partial charge in [0, 0.05) is 0 Å². The van der Waals surface area contributed by atoms with E-state index in [9.17, 15) is 18.0 Å². The summed E-state index contributed by atoms with van der Waals surface area (Å²) < 4.78 is 36.8. The van der Waals surface area contributed by atoms with Crippen molar-refractivity contribution in [3.05, 3.63) is 36.4 Å². The number of rotatable bonds is 6. The van der Waals surface area contributed by atoms with Crippen LogP contribution in [0, 0.1) is 11.3 Å². The third kappa shape index (κ3) is 3.14. The van der Waals surface area contributed by atoms with E-state index in [0.29, 0.717) is 6.42 Å². The van der Waals surface area contributed by atoms with E-state index >= 15 is 0 Å². The van der Waals surface area contributed by atoms with Crippen LogP contribution in [0.25, 0.3) is 0 Å². The number of benzene rings is 1. The van der Waals surface area contributed by atoms with Crippen LogP contribution in [0.1, 0.15) is 23.7 Å². The van der Waals surface area contributed by atoms with Crippen molar-refractivity contribution in [3.63, 3.8) is 0 Å². The largest absolute Gasteiger partial charge is 0.495 e. The number of sulfonamides is 1. The van der Waals surface area contributed by atoms with Crippen molar-refractivity contribution in [1.82, 2.24) is 4.72 Å². The van der Waals surface area contributed by atoms with E-state index in [1.165, 1.54) is 26.4 Å². The molecule has 0 aromatic heterocycles. The Bertz CT molecular complexity index is 801. The molecule has 1 aliphatic rings. The molecule has 0 unspecified atom stereocenters. The van der Waals surface area contributed by atoms with Crippen LogP contribution in [0.3, 0.4) is 0 Å². The molecule has 2 rings (SSSR count). The van der Waals surface area contributed by atoms with Crippen molar-refractivity contribution in [3.8, 4) is 5.75 Å². The fraction of sp³-hybridized carbons (Fsp3) is 0.375. The number of methoxy groups -OCH3 is 2. The van der Waals surface area contributed by atoms with Crippen LogP contribution in [0.4, 0.5) is 0 Å². The monoisotopic (exact) mass is 353 g/mol. The van der Waals surface area contributed by atoms with Crippen LogP contribution in [-0.2, 0) is 19.6 Å². The predicted octanol–water partition coefficient (Wildman–Crippen LogP) is 1.50. The fourth-order valence-corrected chi connectivity index (χ4v) is 3.71. The molecule has 0 aliphatic heterocycles. The van der Waals surface area contributed by atoms with Gasteiger partial charge in [-0.05, 0) is 30.5 Å². The van der Waals surface area contributed by atoms with Crippen LogP contribution in [0.5, 0.6) is 5.75 Å². The maximum atomic E-state index is 12.6. The Labute approximate surface area is 140 Å². The smallest absolute Gasteiger partial charge is 0.337 e. The molecule has 0 spiro atoms. The normalized spacial score (nSPS) is 22.4. The van der Waals surface area contributed by atoms with Crippen LogP contribution in [0.2, 0.25) is 0 Å². The first kappa shape index (κ1) is 18.0. The summed E-state index contributed by atoms with van der Waals surface area (Å²) in [5.74, 6) is -1.35. The molecule has 0 radical (unpaired) electrons. The van der Waals surface area contributed by atoms with Gasteiger partial charge in [-0.1, -0.05) is 13.0 Å².